The maximum Gasteiger partial charge on any atom is 0.410 e. The van der Waals surface area contributed by atoms with Crippen LogP contribution < -0.4 is 4.90 Å². The molecule has 25 heavy (non-hydrogen) atoms. The van der Waals surface area contributed by atoms with E-state index in [-0.39, 0.29) is 12.1 Å². The zero-order valence-electron chi connectivity index (χ0n) is 15.1. The van der Waals surface area contributed by atoms with Crippen LogP contribution in [0.25, 0.3) is 10.2 Å². The second-order valence-electron chi connectivity index (χ2n) is 7.29. The van der Waals surface area contributed by atoms with E-state index in [1.54, 1.807) is 16.2 Å². The first-order valence-electron chi connectivity index (χ1n) is 8.57. The van der Waals surface area contributed by atoms with Gasteiger partial charge in [-0.3, -0.25) is 0 Å². The van der Waals surface area contributed by atoms with Crippen molar-refractivity contribution in [3.8, 4) is 0 Å². The van der Waals surface area contributed by atoms with Gasteiger partial charge in [-0.15, -0.1) is 0 Å². The molecule has 0 N–H and O–H groups in total. The quantitative estimate of drug-likeness (QED) is 0.750. The van der Waals surface area contributed by atoms with E-state index >= 15 is 0 Å². The van der Waals surface area contributed by atoms with Gasteiger partial charge in [-0.25, -0.2) is 9.78 Å². The average Bonchev–Trinajstić information content (AvgIpc) is 2.95. The van der Waals surface area contributed by atoms with E-state index in [1.807, 2.05) is 39.0 Å². The molecular weight excluding hydrogens is 358 g/mol. The van der Waals surface area contributed by atoms with E-state index in [9.17, 15) is 4.79 Å². The van der Waals surface area contributed by atoms with E-state index in [1.165, 1.54) is 0 Å². The number of piperazine rings is 1. The van der Waals surface area contributed by atoms with Gasteiger partial charge in [0.15, 0.2) is 5.13 Å². The Bertz CT molecular complexity index is 771. The molecule has 1 aromatic carbocycles. The lowest BCUT2D eigenvalue weighted by molar-refractivity contribution is 0.0213. The molecule has 7 heteroatoms. The summed E-state index contributed by atoms with van der Waals surface area (Å²) in [6.07, 6.45) is 0.706. The number of hydrogen-bond acceptors (Lipinski definition) is 5. The van der Waals surface area contributed by atoms with Crippen LogP contribution >= 0.6 is 22.9 Å². The number of halogens is 1. The van der Waals surface area contributed by atoms with Crippen LogP contribution in [0.15, 0.2) is 18.2 Å². The minimum atomic E-state index is -0.470. The molecule has 2 heterocycles. The van der Waals surface area contributed by atoms with Gasteiger partial charge >= 0.3 is 6.09 Å². The Kier molecular flexibility index (Phi) is 5.11. The van der Waals surface area contributed by atoms with Crippen LogP contribution in [-0.2, 0) is 4.74 Å². The molecule has 1 aromatic heterocycles. The van der Waals surface area contributed by atoms with E-state index in [0.717, 1.165) is 33.3 Å². The molecule has 136 valence electrons. The van der Waals surface area contributed by atoms with Gasteiger partial charge in [-0.1, -0.05) is 29.9 Å². The van der Waals surface area contributed by atoms with Crippen molar-refractivity contribution in [2.24, 2.45) is 0 Å². The summed E-state index contributed by atoms with van der Waals surface area (Å²) >= 11 is 7.74. The highest BCUT2D eigenvalue weighted by Crippen LogP contribution is 2.33. The molecule has 2 aromatic rings. The standard InChI is InChI=1S/C18H24ClN3O2S/c1-5-13-11-21(17(23)24-18(2,3)4)8-9-22(13)16-20-14-7-6-12(19)10-15(14)25-16/h6-7,10,13H,5,8-9,11H2,1-4H3/t13-/m1/s1. The SMILES string of the molecule is CC[C@@H]1CN(C(=O)OC(C)(C)C)CCN1c1nc2ccc(Cl)cc2s1. The molecule has 0 saturated carbocycles. The molecule has 0 aliphatic carbocycles. The highest BCUT2D eigenvalue weighted by Gasteiger charge is 2.32. The number of benzene rings is 1. The Balaban J connectivity index is 1.76. The van der Waals surface area contributed by atoms with Gasteiger partial charge < -0.3 is 14.5 Å². The average molecular weight is 382 g/mol. The Labute approximate surface area is 157 Å². The fraction of sp³-hybridized carbons (Fsp3) is 0.556. The van der Waals surface area contributed by atoms with Crippen molar-refractivity contribution in [1.29, 1.82) is 0 Å². The third-order valence-corrected chi connectivity index (χ3v) is 5.48. The van der Waals surface area contributed by atoms with Crippen molar-refractivity contribution >= 4 is 44.4 Å². The molecule has 1 atom stereocenters. The van der Waals surface area contributed by atoms with Gasteiger partial charge in [0, 0.05) is 30.7 Å². The minimum Gasteiger partial charge on any atom is -0.444 e. The number of fused-ring (bicyclic) bond motifs is 1. The molecule has 1 aliphatic rings. The number of rotatable bonds is 2. The number of nitrogens with zero attached hydrogens (tertiary/aromatic N) is 3. The number of carbonyl (C=O) groups is 1. The Morgan fingerprint density at radius 3 is 2.84 bits per heavy atom. The summed E-state index contributed by atoms with van der Waals surface area (Å²) in [5.41, 5.74) is 0.496. The number of hydrogen-bond donors (Lipinski definition) is 0. The Morgan fingerprint density at radius 2 is 2.16 bits per heavy atom. The molecule has 5 nitrogen and oxygen atoms in total. The van der Waals surface area contributed by atoms with Gasteiger partial charge in [-0.05, 0) is 45.4 Å². The number of ether oxygens (including phenoxy) is 1. The van der Waals surface area contributed by atoms with Gasteiger partial charge in [-0.2, -0.15) is 0 Å². The molecule has 1 saturated heterocycles. The zero-order chi connectivity index (χ0) is 18.2. The lowest BCUT2D eigenvalue weighted by Gasteiger charge is -2.41. The van der Waals surface area contributed by atoms with Crippen molar-refractivity contribution < 1.29 is 9.53 Å². The third kappa shape index (κ3) is 4.18. The summed E-state index contributed by atoms with van der Waals surface area (Å²) in [5, 5.41) is 1.72. The number of anilines is 1. The van der Waals surface area contributed by atoms with Crippen LogP contribution in [0, 0.1) is 0 Å². The lowest BCUT2D eigenvalue weighted by atomic mass is 10.1. The normalized spacial score (nSPS) is 18.7. The van der Waals surface area contributed by atoms with Crippen LogP contribution in [0.3, 0.4) is 0 Å². The van der Waals surface area contributed by atoms with Gasteiger partial charge in [0.1, 0.15) is 5.60 Å². The first-order chi connectivity index (χ1) is 11.8. The van der Waals surface area contributed by atoms with Crippen molar-refractivity contribution in [1.82, 2.24) is 9.88 Å². The summed E-state index contributed by atoms with van der Waals surface area (Å²) in [4.78, 5) is 21.2. The third-order valence-electron chi connectivity index (χ3n) is 4.19. The Morgan fingerprint density at radius 1 is 1.40 bits per heavy atom. The van der Waals surface area contributed by atoms with Crippen LogP contribution in [0.5, 0.6) is 0 Å². The van der Waals surface area contributed by atoms with Gasteiger partial charge in [0.2, 0.25) is 0 Å². The van der Waals surface area contributed by atoms with Gasteiger partial charge in [0.25, 0.3) is 0 Å². The van der Waals surface area contributed by atoms with Crippen LogP contribution in [0.1, 0.15) is 34.1 Å². The second kappa shape index (κ2) is 7.00. The van der Waals surface area contributed by atoms with E-state index < -0.39 is 5.60 Å². The van der Waals surface area contributed by atoms with E-state index in [0.29, 0.717) is 13.1 Å². The zero-order valence-corrected chi connectivity index (χ0v) is 16.7. The second-order valence-corrected chi connectivity index (χ2v) is 8.74. The maximum atomic E-state index is 12.4. The number of carbonyl (C=O) groups excluding carboxylic acids is 1. The molecule has 0 bridgehead atoms. The summed E-state index contributed by atoms with van der Waals surface area (Å²) in [7, 11) is 0. The maximum absolute atomic E-state index is 12.4. The summed E-state index contributed by atoms with van der Waals surface area (Å²) in [5.74, 6) is 0. The molecule has 0 radical (unpaired) electrons. The summed E-state index contributed by atoms with van der Waals surface area (Å²) < 4.78 is 6.60. The molecule has 0 unspecified atom stereocenters. The van der Waals surface area contributed by atoms with E-state index in [4.69, 9.17) is 21.3 Å². The predicted molar refractivity (Wildman–Crippen MR) is 104 cm³/mol. The molecule has 1 fully saturated rings. The largest absolute Gasteiger partial charge is 0.444 e. The fourth-order valence-electron chi connectivity index (χ4n) is 2.96. The minimum absolute atomic E-state index is 0.234. The monoisotopic (exact) mass is 381 g/mol. The molecule has 1 aliphatic heterocycles. The van der Waals surface area contributed by atoms with E-state index in [2.05, 4.69) is 11.8 Å². The first-order valence-corrected chi connectivity index (χ1v) is 9.77. The van der Waals surface area contributed by atoms with Gasteiger partial charge in [0.05, 0.1) is 10.2 Å². The fourth-order valence-corrected chi connectivity index (χ4v) is 4.30. The van der Waals surface area contributed by atoms with Crippen molar-refractivity contribution in [3.05, 3.63) is 23.2 Å². The van der Waals surface area contributed by atoms with Crippen LogP contribution in [0.2, 0.25) is 5.02 Å². The lowest BCUT2D eigenvalue weighted by Crippen LogP contribution is -2.55. The van der Waals surface area contributed by atoms with Crippen LogP contribution in [-0.4, -0.2) is 47.3 Å². The summed E-state index contributed by atoms with van der Waals surface area (Å²) in [6.45, 7) is 9.87. The molecule has 0 spiro atoms. The highest BCUT2D eigenvalue weighted by atomic mass is 35.5. The molecule has 3 rings (SSSR count). The first kappa shape index (κ1) is 18.3. The smallest absolute Gasteiger partial charge is 0.410 e. The molecular formula is C18H24ClN3O2S. The number of aromatic nitrogens is 1. The highest BCUT2D eigenvalue weighted by molar-refractivity contribution is 7.22. The number of thiazole rings is 1. The summed E-state index contributed by atoms with van der Waals surface area (Å²) in [6, 6.07) is 6.01. The molecule has 1 amide bonds. The topological polar surface area (TPSA) is 45.7 Å². The van der Waals surface area contributed by atoms with Crippen molar-refractivity contribution in [2.45, 2.75) is 45.8 Å². The van der Waals surface area contributed by atoms with Crippen LogP contribution in [0.4, 0.5) is 9.93 Å². The predicted octanol–water partition coefficient (Wildman–Crippen LogP) is 4.79. The van der Waals surface area contributed by atoms with Crippen molar-refractivity contribution in [2.75, 3.05) is 24.5 Å². The number of amides is 1. The Hall–Kier alpha value is -1.53. The van der Waals surface area contributed by atoms with Crippen molar-refractivity contribution in [3.63, 3.8) is 0 Å².